The summed E-state index contributed by atoms with van der Waals surface area (Å²) >= 11 is 0. The van der Waals surface area contributed by atoms with Crippen molar-refractivity contribution < 1.29 is 4.79 Å². The first-order valence-corrected chi connectivity index (χ1v) is 7.72. The molecule has 0 spiro atoms. The third-order valence-corrected chi connectivity index (χ3v) is 3.71. The third kappa shape index (κ3) is 3.29. The number of nitrogens with zero attached hydrogens (tertiary/aromatic N) is 4. The van der Waals surface area contributed by atoms with Crippen molar-refractivity contribution in [2.75, 3.05) is 0 Å². The minimum absolute atomic E-state index is 0.181. The Morgan fingerprint density at radius 1 is 1.21 bits per heavy atom. The molecule has 0 saturated heterocycles. The zero-order valence-corrected chi connectivity index (χ0v) is 13.2. The van der Waals surface area contributed by atoms with Crippen LogP contribution in [0.1, 0.15) is 25.1 Å². The molecule has 0 aliphatic rings. The largest absolute Gasteiger partial charge is 0.346 e. The van der Waals surface area contributed by atoms with Crippen molar-refractivity contribution >= 4 is 16.8 Å². The predicted octanol–water partition coefficient (Wildman–Crippen LogP) is 1.45. The lowest BCUT2D eigenvalue weighted by Crippen LogP contribution is -2.36. The van der Waals surface area contributed by atoms with E-state index in [-0.39, 0.29) is 24.1 Å². The lowest BCUT2D eigenvalue weighted by Gasteiger charge is -2.16. The summed E-state index contributed by atoms with van der Waals surface area (Å²) in [7, 11) is 0. The number of carbonyl (C=O) groups is 1. The van der Waals surface area contributed by atoms with Gasteiger partial charge >= 0.3 is 0 Å². The molecule has 3 aromatic rings. The zero-order valence-electron chi connectivity index (χ0n) is 13.2. The number of benzene rings is 1. The summed E-state index contributed by atoms with van der Waals surface area (Å²) in [5, 5.41) is 11.1. The minimum atomic E-state index is -0.332. The summed E-state index contributed by atoms with van der Waals surface area (Å²) in [4.78, 5) is 28.9. The molecule has 2 heterocycles. The maximum Gasteiger partial charge on any atom is 0.278 e. The van der Waals surface area contributed by atoms with Crippen LogP contribution in [0.4, 0.5) is 0 Å². The summed E-state index contributed by atoms with van der Waals surface area (Å²) < 4.78 is 1.07. The molecule has 0 bridgehead atoms. The smallest absolute Gasteiger partial charge is 0.278 e. The highest BCUT2D eigenvalue weighted by Gasteiger charge is 2.15. The lowest BCUT2D eigenvalue weighted by molar-refractivity contribution is -0.122. The molecule has 24 heavy (non-hydrogen) atoms. The van der Waals surface area contributed by atoms with Crippen LogP contribution in [0.15, 0.2) is 53.5 Å². The molecular formula is C17H17N5O2. The number of hydrogen-bond acceptors (Lipinski definition) is 5. The van der Waals surface area contributed by atoms with E-state index >= 15 is 0 Å². The fourth-order valence-corrected chi connectivity index (χ4v) is 2.47. The molecule has 1 atom stereocenters. The summed E-state index contributed by atoms with van der Waals surface area (Å²) in [6.07, 6.45) is 2.38. The summed E-state index contributed by atoms with van der Waals surface area (Å²) in [5.41, 5.74) is 0.964. The van der Waals surface area contributed by atoms with Crippen molar-refractivity contribution in [3.8, 4) is 0 Å². The van der Waals surface area contributed by atoms with Gasteiger partial charge in [-0.25, -0.2) is 4.68 Å². The van der Waals surface area contributed by atoms with Gasteiger partial charge < -0.3 is 5.32 Å². The predicted molar refractivity (Wildman–Crippen MR) is 89.2 cm³/mol. The normalized spacial score (nSPS) is 12.0. The van der Waals surface area contributed by atoms with E-state index in [2.05, 4.69) is 20.6 Å². The monoisotopic (exact) mass is 323 g/mol. The molecule has 7 nitrogen and oxygen atoms in total. The molecule has 2 aromatic heterocycles. The molecule has 122 valence electrons. The van der Waals surface area contributed by atoms with Crippen LogP contribution < -0.4 is 10.9 Å². The second-order valence-electron chi connectivity index (χ2n) is 5.35. The van der Waals surface area contributed by atoms with Gasteiger partial charge in [0.1, 0.15) is 12.1 Å². The Labute approximate surface area is 138 Å². The van der Waals surface area contributed by atoms with Gasteiger partial charge in [-0.15, -0.1) is 5.10 Å². The highest BCUT2D eigenvalue weighted by atomic mass is 16.2. The Hall–Kier alpha value is -3.09. The fraction of sp³-hybridized carbons (Fsp3) is 0.235. The Morgan fingerprint density at radius 3 is 2.75 bits per heavy atom. The van der Waals surface area contributed by atoms with E-state index in [1.807, 2.05) is 25.1 Å². The Balaban J connectivity index is 1.77. The topological polar surface area (TPSA) is 89.8 Å². The van der Waals surface area contributed by atoms with Crippen LogP contribution in [0.3, 0.4) is 0 Å². The van der Waals surface area contributed by atoms with Crippen molar-refractivity contribution in [2.24, 2.45) is 0 Å². The summed E-state index contributed by atoms with van der Waals surface area (Å²) in [6, 6.07) is 12.3. The number of hydrogen-bond donors (Lipinski definition) is 1. The van der Waals surface area contributed by atoms with Gasteiger partial charge in [-0.3, -0.25) is 14.6 Å². The van der Waals surface area contributed by atoms with Gasteiger partial charge in [-0.1, -0.05) is 30.3 Å². The Morgan fingerprint density at radius 2 is 2.00 bits per heavy atom. The first-order valence-electron chi connectivity index (χ1n) is 7.72. The number of fused-ring (bicyclic) bond motifs is 1. The van der Waals surface area contributed by atoms with Crippen molar-refractivity contribution in [1.29, 1.82) is 0 Å². The van der Waals surface area contributed by atoms with E-state index in [0.717, 1.165) is 10.4 Å². The second-order valence-corrected chi connectivity index (χ2v) is 5.35. The van der Waals surface area contributed by atoms with E-state index in [4.69, 9.17) is 0 Å². The molecule has 1 amide bonds. The van der Waals surface area contributed by atoms with E-state index in [0.29, 0.717) is 17.3 Å². The molecule has 3 rings (SSSR count). The molecule has 1 unspecified atom stereocenters. The summed E-state index contributed by atoms with van der Waals surface area (Å²) in [5.74, 6) is -0.306. The van der Waals surface area contributed by atoms with Crippen LogP contribution in [0.2, 0.25) is 0 Å². The molecule has 7 heteroatoms. The van der Waals surface area contributed by atoms with E-state index < -0.39 is 0 Å². The quantitative estimate of drug-likeness (QED) is 0.767. The average molecular weight is 323 g/mol. The molecule has 0 aliphatic carbocycles. The molecular weight excluding hydrogens is 306 g/mol. The van der Waals surface area contributed by atoms with Crippen LogP contribution in [0.5, 0.6) is 0 Å². The number of amides is 1. The maximum absolute atomic E-state index is 12.4. The lowest BCUT2D eigenvalue weighted by atomic mass is 10.1. The van der Waals surface area contributed by atoms with Gasteiger partial charge in [0.15, 0.2) is 0 Å². The van der Waals surface area contributed by atoms with Crippen molar-refractivity contribution in [3.05, 3.63) is 64.7 Å². The molecule has 0 fully saturated rings. The van der Waals surface area contributed by atoms with Crippen molar-refractivity contribution in [1.82, 2.24) is 25.3 Å². The first-order chi connectivity index (χ1) is 11.7. The second kappa shape index (κ2) is 6.99. The number of rotatable bonds is 5. The third-order valence-electron chi connectivity index (χ3n) is 3.71. The van der Waals surface area contributed by atoms with E-state index in [1.54, 1.807) is 30.5 Å². The first kappa shape index (κ1) is 15.8. The van der Waals surface area contributed by atoms with Crippen LogP contribution >= 0.6 is 0 Å². The Bertz CT molecular complexity index is 908. The molecule has 1 N–H and O–H groups in total. The van der Waals surface area contributed by atoms with Gasteiger partial charge in [0.2, 0.25) is 5.91 Å². The van der Waals surface area contributed by atoms with E-state index in [9.17, 15) is 9.59 Å². The highest BCUT2D eigenvalue weighted by Crippen LogP contribution is 2.13. The number of aromatic nitrogens is 4. The number of pyridine rings is 1. The van der Waals surface area contributed by atoms with E-state index in [1.165, 1.54) is 0 Å². The molecule has 0 saturated carbocycles. The zero-order chi connectivity index (χ0) is 16.9. The van der Waals surface area contributed by atoms with Crippen molar-refractivity contribution in [2.45, 2.75) is 25.9 Å². The van der Waals surface area contributed by atoms with Crippen LogP contribution in [-0.2, 0) is 11.3 Å². The van der Waals surface area contributed by atoms with Crippen LogP contribution in [0.25, 0.3) is 10.9 Å². The average Bonchev–Trinajstić information content (AvgIpc) is 2.63. The maximum atomic E-state index is 12.4. The Kier molecular flexibility index (Phi) is 4.60. The van der Waals surface area contributed by atoms with Gasteiger partial charge in [0.25, 0.3) is 5.56 Å². The van der Waals surface area contributed by atoms with Gasteiger partial charge in [-0.05, 0) is 30.7 Å². The van der Waals surface area contributed by atoms with Crippen LogP contribution in [0, 0.1) is 0 Å². The number of nitrogens with one attached hydrogen (secondary N) is 1. The van der Waals surface area contributed by atoms with Crippen molar-refractivity contribution in [3.63, 3.8) is 0 Å². The standard InChI is InChI=1S/C17H17N5O2/c1-2-13(15-9-5-6-10-18-15)19-16(23)11-22-17(24)12-7-3-4-8-14(12)20-21-22/h3-10,13H,2,11H2,1H3,(H,19,23). The SMILES string of the molecule is CCC(NC(=O)Cn1nnc2ccccc2c1=O)c1ccccn1. The van der Waals surface area contributed by atoms with Gasteiger partial charge in [-0.2, -0.15) is 0 Å². The summed E-state index contributed by atoms with van der Waals surface area (Å²) in [6.45, 7) is 1.78. The van der Waals surface area contributed by atoms with Crippen LogP contribution in [-0.4, -0.2) is 25.9 Å². The van der Waals surface area contributed by atoms with Gasteiger partial charge in [0, 0.05) is 6.20 Å². The van der Waals surface area contributed by atoms with Gasteiger partial charge in [0.05, 0.1) is 17.1 Å². The molecule has 0 radical (unpaired) electrons. The number of carbonyl (C=O) groups excluding carboxylic acids is 1. The molecule has 0 aliphatic heterocycles. The minimum Gasteiger partial charge on any atom is -0.346 e. The molecule has 1 aromatic carbocycles. The fourth-order valence-electron chi connectivity index (χ4n) is 2.47. The highest BCUT2D eigenvalue weighted by molar-refractivity contribution is 5.78.